The Balaban J connectivity index is 2.93. The van der Waals surface area contributed by atoms with Gasteiger partial charge in [-0.25, -0.2) is 0 Å². The molecule has 0 aliphatic carbocycles. The van der Waals surface area contributed by atoms with Crippen molar-refractivity contribution in [3.05, 3.63) is 28.8 Å². The van der Waals surface area contributed by atoms with E-state index in [0.717, 1.165) is 23.8 Å². The predicted molar refractivity (Wildman–Crippen MR) is 72.4 cm³/mol. The number of nitrogens with one attached hydrogen (secondary N) is 1. The summed E-state index contributed by atoms with van der Waals surface area (Å²) in [6.45, 7) is 8.24. The van der Waals surface area contributed by atoms with Crippen LogP contribution >= 0.6 is 11.6 Å². The Hall–Kier alpha value is -0.730. The molecule has 2 nitrogen and oxygen atoms in total. The third-order valence-electron chi connectivity index (χ3n) is 2.63. The first kappa shape index (κ1) is 13.3. The predicted octanol–water partition coefficient (Wildman–Crippen LogP) is 3.29. The summed E-state index contributed by atoms with van der Waals surface area (Å²) in [4.78, 5) is 2.18. The lowest BCUT2D eigenvalue weighted by molar-refractivity contribution is 0.588. The molecule has 0 aliphatic rings. The van der Waals surface area contributed by atoms with Gasteiger partial charge in [0.2, 0.25) is 0 Å². The lowest BCUT2D eigenvalue weighted by Gasteiger charge is -2.22. The fourth-order valence-corrected chi connectivity index (χ4v) is 1.94. The first-order valence-corrected chi connectivity index (χ1v) is 6.16. The van der Waals surface area contributed by atoms with Crippen LogP contribution in [0, 0.1) is 0 Å². The van der Waals surface area contributed by atoms with Gasteiger partial charge in [0, 0.05) is 26.2 Å². The molecule has 1 aromatic rings. The minimum absolute atomic E-state index is 0.485. The smallest absolute Gasteiger partial charge is 0.0642 e. The molecule has 1 rings (SSSR count). The molecule has 0 atom stereocenters. The maximum absolute atomic E-state index is 6.25. The van der Waals surface area contributed by atoms with Crippen LogP contribution in [0.2, 0.25) is 5.02 Å². The van der Waals surface area contributed by atoms with Gasteiger partial charge in [0.1, 0.15) is 0 Å². The standard InChI is InChI=1S/C13H21ClN2/c1-5-16(4)13-11(9-15-10(2)3)7-6-8-12(13)14/h6-8,10,15H,5,9H2,1-4H3. The van der Waals surface area contributed by atoms with Crippen molar-refractivity contribution < 1.29 is 0 Å². The van der Waals surface area contributed by atoms with E-state index >= 15 is 0 Å². The van der Waals surface area contributed by atoms with Crippen molar-refractivity contribution in [1.29, 1.82) is 0 Å². The SMILES string of the molecule is CCN(C)c1c(Cl)cccc1CNC(C)C. The molecular formula is C13H21ClN2. The minimum Gasteiger partial charge on any atom is -0.373 e. The van der Waals surface area contributed by atoms with Gasteiger partial charge in [-0.05, 0) is 18.6 Å². The van der Waals surface area contributed by atoms with E-state index in [1.165, 1.54) is 5.56 Å². The number of anilines is 1. The molecule has 0 radical (unpaired) electrons. The Bertz CT molecular complexity index is 337. The van der Waals surface area contributed by atoms with Crippen molar-refractivity contribution in [1.82, 2.24) is 5.32 Å². The van der Waals surface area contributed by atoms with E-state index < -0.39 is 0 Å². The first-order valence-electron chi connectivity index (χ1n) is 5.78. The highest BCUT2D eigenvalue weighted by Crippen LogP contribution is 2.28. The second-order valence-electron chi connectivity index (χ2n) is 4.30. The largest absolute Gasteiger partial charge is 0.373 e. The van der Waals surface area contributed by atoms with E-state index in [9.17, 15) is 0 Å². The fraction of sp³-hybridized carbons (Fsp3) is 0.538. The van der Waals surface area contributed by atoms with E-state index in [-0.39, 0.29) is 0 Å². The molecule has 16 heavy (non-hydrogen) atoms. The van der Waals surface area contributed by atoms with E-state index in [1.54, 1.807) is 0 Å². The number of nitrogens with zero attached hydrogens (tertiary/aromatic N) is 1. The molecule has 0 heterocycles. The average Bonchev–Trinajstić information content (AvgIpc) is 2.25. The third-order valence-corrected chi connectivity index (χ3v) is 2.93. The molecule has 0 saturated heterocycles. The minimum atomic E-state index is 0.485. The van der Waals surface area contributed by atoms with Crippen LogP contribution < -0.4 is 10.2 Å². The van der Waals surface area contributed by atoms with E-state index in [0.29, 0.717) is 6.04 Å². The lowest BCUT2D eigenvalue weighted by atomic mass is 10.1. The molecule has 90 valence electrons. The van der Waals surface area contributed by atoms with Crippen molar-refractivity contribution in [3.8, 4) is 0 Å². The summed E-state index contributed by atoms with van der Waals surface area (Å²) < 4.78 is 0. The quantitative estimate of drug-likeness (QED) is 0.850. The van der Waals surface area contributed by atoms with E-state index in [4.69, 9.17) is 11.6 Å². The summed E-state index contributed by atoms with van der Waals surface area (Å²) >= 11 is 6.25. The Morgan fingerprint density at radius 1 is 1.38 bits per heavy atom. The zero-order valence-corrected chi connectivity index (χ0v) is 11.3. The van der Waals surface area contributed by atoms with Crippen molar-refractivity contribution in [2.24, 2.45) is 0 Å². The van der Waals surface area contributed by atoms with Crippen LogP contribution in [0.3, 0.4) is 0 Å². The van der Waals surface area contributed by atoms with Crippen LogP contribution in [-0.4, -0.2) is 19.6 Å². The molecule has 0 fully saturated rings. The highest BCUT2D eigenvalue weighted by molar-refractivity contribution is 6.33. The lowest BCUT2D eigenvalue weighted by Crippen LogP contribution is -2.24. The first-order chi connectivity index (χ1) is 7.56. The van der Waals surface area contributed by atoms with Gasteiger partial charge in [-0.15, -0.1) is 0 Å². The molecule has 1 aromatic carbocycles. The van der Waals surface area contributed by atoms with Crippen LogP contribution in [0.15, 0.2) is 18.2 Å². The van der Waals surface area contributed by atoms with Gasteiger partial charge in [0.25, 0.3) is 0 Å². The number of hydrogen-bond donors (Lipinski definition) is 1. The summed E-state index contributed by atoms with van der Waals surface area (Å²) in [6.07, 6.45) is 0. The van der Waals surface area contributed by atoms with Gasteiger partial charge in [-0.2, -0.15) is 0 Å². The van der Waals surface area contributed by atoms with Crippen molar-refractivity contribution in [3.63, 3.8) is 0 Å². The number of benzene rings is 1. The maximum atomic E-state index is 6.25. The summed E-state index contributed by atoms with van der Waals surface area (Å²) in [7, 11) is 2.07. The van der Waals surface area contributed by atoms with Gasteiger partial charge < -0.3 is 10.2 Å². The molecule has 0 unspecified atom stereocenters. The number of hydrogen-bond acceptors (Lipinski definition) is 2. The molecule has 0 saturated carbocycles. The highest BCUT2D eigenvalue weighted by atomic mass is 35.5. The molecule has 0 bridgehead atoms. The highest BCUT2D eigenvalue weighted by Gasteiger charge is 2.10. The van der Waals surface area contributed by atoms with Gasteiger partial charge >= 0.3 is 0 Å². The van der Waals surface area contributed by atoms with Crippen LogP contribution in [0.4, 0.5) is 5.69 Å². The Morgan fingerprint density at radius 3 is 2.62 bits per heavy atom. The topological polar surface area (TPSA) is 15.3 Å². The normalized spacial score (nSPS) is 10.9. The van der Waals surface area contributed by atoms with Crippen LogP contribution in [0.5, 0.6) is 0 Å². The molecule has 0 amide bonds. The monoisotopic (exact) mass is 240 g/mol. The van der Waals surface area contributed by atoms with Crippen molar-refractivity contribution in [2.75, 3.05) is 18.5 Å². The zero-order chi connectivity index (χ0) is 12.1. The average molecular weight is 241 g/mol. The van der Waals surface area contributed by atoms with Gasteiger partial charge in [0.05, 0.1) is 10.7 Å². The Morgan fingerprint density at radius 2 is 2.06 bits per heavy atom. The van der Waals surface area contributed by atoms with Crippen LogP contribution in [0.25, 0.3) is 0 Å². The molecule has 1 N–H and O–H groups in total. The van der Waals surface area contributed by atoms with E-state index in [2.05, 4.69) is 44.1 Å². The second-order valence-corrected chi connectivity index (χ2v) is 4.70. The third kappa shape index (κ3) is 3.39. The van der Waals surface area contributed by atoms with Gasteiger partial charge in [-0.3, -0.25) is 0 Å². The number of halogens is 1. The molecule has 0 aliphatic heterocycles. The number of para-hydroxylation sites is 1. The zero-order valence-electron chi connectivity index (χ0n) is 10.5. The van der Waals surface area contributed by atoms with Crippen molar-refractivity contribution in [2.45, 2.75) is 33.4 Å². The van der Waals surface area contributed by atoms with Crippen molar-refractivity contribution >= 4 is 17.3 Å². The molecule has 0 spiro atoms. The summed E-state index contributed by atoms with van der Waals surface area (Å²) in [5.74, 6) is 0. The fourth-order valence-electron chi connectivity index (χ4n) is 1.60. The van der Waals surface area contributed by atoms with Gasteiger partial charge in [-0.1, -0.05) is 37.6 Å². The van der Waals surface area contributed by atoms with Crippen LogP contribution in [-0.2, 0) is 6.54 Å². The summed E-state index contributed by atoms with van der Waals surface area (Å²) in [5.41, 5.74) is 2.39. The summed E-state index contributed by atoms with van der Waals surface area (Å²) in [5, 5.41) is 4.25. The molecular weight excluding hydrogens is 220 g/mol. The molecule has 3 heteroatoms. The van der Waals surface area contributed by atoms with Crippen LogP contribution in [0.1, 0.15) is 26.3 Å². The Labute approximate surface area is 104 Å². The maximum Gasteiger partial charge on any atom is 0.0642 e. The van der Waals surface area contributed by atoms with Gasteiger partial charge in [0.15, 0.2) is 0 Å². The molecule has 0 aromatic heterocycles. The van der Waals surface area contributed by atoms with E-state index in [1.807, 2.05) is 12.1 Å². The number of rotatable bonds is 5. The second kappa shape index (κ2) is 6.12. The summed E-state index contributed by atoms with van der Waals surface area (Å²) in [6, 6.07) is 6.57. The Kier molecular flexibility index (Phi) is 5.10.